The van der Waals surface area contributed by atoms with Gasteiger partial charge in [0.2, 0.25) is 0 Å². The molecule has 0 atom stereocenters. The molecule has 0 spiro atoms. The molecule has 3 nitrogen and oxygen atoms in total. The van der Waals surface area contributed by atoms with Crippen LogP contribution in [0.3, 0.4) is 0 Å². The summed E-state index contributed by atoms with van der Waals surface area (Å²) >= 11 is 0. The Morgan fingerprint density at radius 1 is 1.29 bits per heavy atom. The minimum absolute atomic E-state index is 0.752. The molecule has 3 heteroatoms. The predicted molar refractivity (Wildman–Crippen MR) is 59.4 cm³/mol. The molecule has 1 rings (SSSR count). The lowest BCUT2D eigenvalue weighted by atomic mass is 10.3. The number of hydrogen-bond donors (Lipinski definition) is 1. The molecule has 0 aromatic carbocycles. The van der Waals surface area contributed by atoms with Crippen LogP contribution in [0.4, 0.5) is 0 Å². The van der Waals surface area contributed by atoms with Gasteiger partial charge in [0.15, 0.2) is 0 Å². The van der Waals surface area contributed by atoms with Crippen LogP contribution in [-0.4, -0.2) is 16.1 Å². The average Bonchev–Trinajstić information content (AvgIpc) is 2.52. The van der Waals surface area contributed by atoms with E-state index in [9.17, 15) is 0 Å². The van der Waals surface area contributed by atoms with Crippen LogP contribution in [0.5, 0.6) is 0 Å². The average molecular weight is 195 g/mol. The number of hydrogen-bond acceptors (Lipinski definition) is 2. The number of nitrogens with zero attached hydrogens (tertiary/aromatic N) is 2. The standard InChI is InChI=1S/C11H21N3/c1-4-10-9(3)14(8-6-7-12)11(5-2)13-10/h4-8,12H2,1-3H3. The van der Waals surface area contributed by atoms with Crippen molar-refractivity contribution in [2.75, 3.05) is 6.54 Å². The highest BCUT2D eigenvalue weighted by Gasteiger charge is 2.09. The highest BCUT2D eigenvalue weighted by molar-refractivity contribution is 5.15. The summed E-state index contributed by atoms with van der Waals surface area (Å²) in [5.74, 6) is 1.20. The molecule has 0 radical (unpaired) electrons. The van der Waals surface area contributed by atoms with Crippen molar-refractivity contribution in [1.82, 2.24) is 9.55 Å². The summed E-state index contributed by atoms with van der Waals surface area (Å²) in [5, 5.41) is 0. The Labute approximate surface area is 86.3 Å². The zero-order valence-corrected chi connectivity index (χ0v) is 9.51. The Balaban J connectivity index is 2.92. The summed E-state index contributed by atoms with van der Waals surface area (Å²) < 4.78 is 2.31. The molecule has 0 aliphatic rings. The van der Waals surface area contributed by atoms with E-state index in [0.29, 0.717) is 0 Å². The second-order valence-corrected chi connectivity index (χ2v) is 3.56. The van der Waals surface area contributed by atoms with Gasteiger partial charge >= 0.3 is 0 Å². The quantitative estimate of drug-likeness (QED) is 0.776. The molecule has 0 aliphatic heterocycles. The summed E-state index contributed by atoms with van der Waals surface area (Å²) in [7, 11) is 0. The molecule has 1 aromatic rings. The van der Waals surface area contributed by atoms with Crippen LogP contribution in [0.15, 0.2) is 0 Å². The van der Waals surface area contributed by atoms with Gasteiger partial charge in [-0.05, 0) is 26.3 Å². The first kappa shape index (κ1) is 11.2. The second-order valence-electron chi connectivity index (χ2n) is 3.56. The summed E-state index contributed by atoms with van der Waals surface area (Å²) in [4.78, 5) is 4.62. The van der Waals surface area contributed by atoms with E-state index in [2.05, 4.69) is 30.3 Å². The molecule has 2 N–H and O–H groups in total. The number of imidazole rings is 1. The van der Waals surface area contributed by atoms with E-state index in [1.54, 1.807) is 0 Å². The molecular formula is C11H21N3. The van der Waals surface area contributed by atoms with Gasteiger partial charge < -0.3 is 10.3 Å². The van der Waals surface area contributed by atoms with E-state index in [1.807, 2.05) is 0 Å². The van der Waals surface area contributed by atoms with Crippen LogP contribution in [0.2, 0.25) is 0 Å². The van der Waals surface area contributed by atoms with Gasteiger partial charge in [-0.2, -0.15) is 0 Å². The predicted octanol–water partition coefficient (Wildman–Crippen LogP) is 1.67. The third-order valence-electron chi connectivity index (χ3n) is 2.64. The lowest BCUT2D eigenvalue weighted by Gasteiger charge is -2.07. The van der Waals surface area contributed by atoms with Gasteiger partial charge in [0.25, 0.3) is 0 Å². The van der Waals surface area contributed by atoms with Crippen molar-refractivity contribution < 1.29 is 0 Å². The van der Waals surface area contributed by atoms with Crippen molar-refractivity contribution >= 4 is 0 Å². The lowest BCUT2D eigenvalue weighted by Crippen LogP contribution is -2.09. The van der Waals surface area contributed by atoms with Crippen molar-refractivity contribution in [3.8, 4) is 0 Å². The third kappa shape index (κ3) is 2.15. The molecule has 14 heavy (non-hydrogen) atoms. The van der Waals surface area contributed by atoms with Gasteiger partial charge in [-0.3, -0.25) is 0 Å². The summed E-state index contributed by atoms with van der Waals surface area (Å²) in [6.07, 6.45) is 3.06. The normalized spacial score (nSPS) is 10.9. The Morgan fingerprint density at radius 3 is 2.50 bits per heavy atom. The minimum atomic E-state index is 0.752. The molecule has 0 aliphatic carbocycles. The fourth-order valence-corrected chi connectivity index (χ4v) is 1.80. The highest BCUT2D eigenvalue weighted by Crippen LogP contribution is 2.12. The molecule has 0 amide bonds. The van der Waals surface area contributed by atoms with Crippen LogP contribution < -0.4 is 5.73 Å². The molecule has 1 aromatic heterocycles. The monoisotopic (exact) mass is 195 g/mol. The van der Waals surface area contributed by atoms with Crippen LogP contribution in [0.1, 0.15) is 37.5 Å². The van der Waals surface area contributed by atoms with E-state index in [-0.39, 0.29) is 0 Å². The Kier molecular flexibility index (Phi) is 4.14. The maximum Gasteiger partial charge on any atom is 0.108 e. The van der Waals surface area contributed by atoms with Crippen molar-refractivity contribution in [2.45, 2.75) is 46.6 Å². The van der Waals surface area contributed by atoms with Crippen LogP contribution in [-0.2, 0) is 19.4 Å². The van der Waals surface area contributed by atoms with Gasteiger partial charge in [-0.1, -0.05) is 13.8 Å². The first-order valence-electron chi connectivity index (χ1n) is 5.49. The van der Waals surface area contributed by atoms with Gasteiger partial charge in [0.05, 0.1) is 5.69 Å². The van der Waals surface area contributed by atoms with Gasteiger partial charge in [0.1, 0.15) is 5.82 Å². The zero-order valence-electron chi connectivity index (χ0n) is 9.51. The summed E-state index contributed by atoms with van der Waals surface area (Å²) in [6.45, 7) is 8.23. The lowest BCUT2D eigenvalue weighted by molar-refractivity contribution is 0.608. The van der Waals surface area contributed by atoms with Crippen LogP contribution >= 0.6 is 0 Å². The Morgan fingerprint density at radius 2 is 2.00 bits per heavy atom. The first-order chi connectivity index (χ1) is 6.74. The summed E-state index contributed by atoms with van der Waals surface area (Å²) in [6, 6.07) is 0. The second kappa shape index (κ2) is 5.15. The largest absolute Gasteiger partial charge is 0.332 e. The van der Waals surface area contributed by atoms with Crippen molar-refractivity contribution in [2.24, 2.45) is 5.73 Å². The van der Waals surface area contributed by atoms with Gasteiger partial charge in [-0.25, -0.2) is 4.98 Å². The van der Waals surface area contributed by atoms with Gasteiger partial charge in [-0.15, -0.1) is 0 Å². The molecule has 0 bridgehead atoms. The smallest absolute Gasteiger partial charge is 0.108 e. The van der Waals surface area contributed by atoms with Crippen molar-refractivity contribution in [3.05, 3.63) is 17.2 Å². The van der Waals surface area contributed by atoms with Crippen LogP contribution in [0.25, 0.3) is 0 Å². The molecular weight excluding hydrogens is 174 g/mol. The van der Waals surface area contributed by atoms with E-state index < -0.39 is 0 Å². The maximum absolute atomic E-state index is 5.52. The van der Waals surface area contributed by atoms with Crippen LogP contribution in [0, 0.1) is 6.92 Å². The third-order valence-corrected chi connectivity index (χ3v) is 2.64. The number of rotatable bonds is 5. The molecule has 1 heterocycles. The Hall–Kier alpha value is -0.830. The number of nitrogens with two attached hydrogens (primary N) is 1. The summed E-state index contributed by atoms with van der Waals surface area (Å²) in [5.41, 5.74) is 8.08. The molecule has 0 unspecified atom stereocenters. The van der Waals surface area contributed by atoms with Gasteiger partial charge in [0, 0.05) is 18.7 Å². The SMILES string of the molecule is CCc1nc(CC)n(CCCN)c1C. The van der Waals surface area contributed by atoms with Crippen molar-refractivity contribution in [1.29, 1.82) is 0 Å². The highest BCUT2D eigenvalue weighted by atomic mass is 15.1. The molecule has 0 saturated carbocycles. The minimum Gasteiger partial charge on any atom is -0.332 e. The molecule has 0 saturated heterocycles. The Bertz CT molecular complexity index is 289. The van der Waals surface area contributed by atoms with Crippen molar-refractivity contribution in [3.63, 3.8) is 0 Å². The molecule has 0 fully saturated rings. The van der Waals surface area contributed by atoms with E-state index in [0.717, 1.165) is 32.4 Å². The number of aromatic nitrogens is 2. The molecule has 80 valence electrons. The fourth-order valence-electron chi connectivity index (χ4n) is 1.80. The van der Waals surface area contributed by atoms with E-state index in [4.69, 9.17) is 5.73 Å². The first-order valence-corrected chi connectivity index (χ1v) is 5.49. The van der Waals surface area contributed by atoms with E-state index >= 15 is 0 Å². The maximum atomic E-state index is 5.52. The fraction of sp³-hybridized carbons (Fsp3) is 0.727. The number of aryl methyl sites for hydroxylation is 2. The zero-order chi connectivity index (χ0) is 10.6. The topological polar surface area (TPSA) is 43.8 Å². The van der Waals surface area contributed by atoms with E-state index in [1.165, 1.54) is 17.2 Å².